The number of fused-ring (bicyclic) bond motifs is 10. The van der Waals surface area contributed by atoms with Crippen molar-refractivity contribution in [2.24, 2.45) is 0 Å². The van der Waals surface area contributed by atoms with Crippen molar-refractivity contribution in [3.63, 3.8) is 0 Å². The van der Waals surface area contributed by atoms with E-state index in [-0.39, 0.29) is 0 Å². The Morgan fingerprint density at radius 3 is 1.37 bits per heavy atom. The van der Waals surface area contributed by atoms with Crippen molar-refractivity contribution in [2.45, 2.75) is 0 Å². The molecule has 0 aliphatic carbocycles. The van der Waals surface area contributed by atoms with Crippen LogP contribution in [0.15, 0.2) is 176 Å². The van der Waals surface area contributed by atoms with Gasteiger partial charge in [0.05, 0.1) is 33.1 Å². The lowest BCUT2D eigenvalue weighted by Gasteiger charge is -2.14. The van der Waals surface area contributed by atoms with E-state index in [1.54, 1.807) is 12.4 Å². The summed E-state index contributed by atoms with van der Waals surface area (Å²) >= 11 is 0. The molecule has 11 aromatic rings. The van der Waals surface area contributed by atoms with Gasteiger partial charge in [-0.1, -0.05) is 140 Å². The van der Waals surface area contributed by atoms with E-state index in [1.807, 2.05) is 36.4 Å². The minimum absolute atomic E-state index is 0.520. The van der Waals surface area contributed by atoms with Crippen LogP contribution in [0.3, 0.4) is 0 Å². The zero-order valence-corrected chi connectivity index (χ0v) is 28.9. The molecule has 0 amide bonds. The molecule has 11 rings (SSSR count). The van der Waals surface area contributed by atoms with Gasteiger partial charge in [0.25, 0.3) is 0 Å². The normalized spacial score (nSPS) is 11.7. The molecule has 0 bridgehead atoms. The average molecular weight is 692 g/mol. The summed E-state index contributed by atoms with van der Waals surface area (Å²) in [6.07, 6.45) is 3.57. The summed E-state index contributed by atoms with van der Waals surface area (Å²) < 4.78 is 4.55. The van der Waals surface area contributed by atoms with Crippen LogP contribution in [0.2, 0.25) is 0 Å². The molecule has 252 valence electrons. The van der Waals surface area contributed by atoms with Gasteiger partial charge in [-0.15, -0.1) is 0 Å². The van der Waals surface area contributed by atoms with Gasteiger partial charge in [0.1, 0.15) is 0 Å². The Balaban J connectivity index is 1.30. The lowest BCUT2D eigenvalue weighted by molar-refractivity contribution is 0.953. The number of nitrogens with zero attached hydrogens (tertiary/aromatic N) is 7. The number of hydrogen-bond acceptors (Lipinski definition) is 5. The molecule has 0 spiro atoms. The first-order chi connectivity index (χ1) is 26.8. The number of benzene rings is 7. The molecule has 54 heavy (non-hydrogen) atoms. The van der Waals surface area contributed by atoms with Gasteiger partial charge >= 0.3 is 0 Å². The molecule has 7 nitrogen and oxygen atoms in total. The fourth-order valence-electron chi connectivity index (χ4n) is 7.92. The molecule has 0 N–H and O–H groups in total. The average Bonchev–Trinajstić information content (AvgIpc) is 3.79. The van der Waals surface area contributed by atoms with Crippen LogP contribution in [0, 0.1) is 0 Å². The van der Waals surface area contributed by atoms with Crippen molar-refractivity contribution in [2.75, 3.05) is 0 Å². The zero-order chi connectivity index (χ0) is 35.6. The van der Waals surface area contributed by atoms with Crippen LogP contribution < -0.4 is 0 Å². The third-order valence-electron chi connectivity index (χ3n) is 10.3. The molecule has 4 aromatic heterocycles. The van der Waals surface area contributed by atoms with Crippen molar-refractivity contribution in [1.82, 2.24) is 34.1 Å². The van der Waals surface area contributed by atoms with Crippen molar-refractivity contribution in [3.05, 3.63) is 176 Å². The molecular formula is C47H29N7. The predicted octanol–water partition coefficient (Wildman–Crippen LogP) is 11.0. The first kappa shape index (κ1) is 30.1. The lowest BCUT2D eigenvalue weighted by atomic mass is 10.0. The smallest absolute Gasteiger partial charge is 0.238 e. The summed E-state index contributed by atoms with van der Waals surface area (Å²) in [7, 11) is 0. The second-order valence-corrected chi connectivity index (χ2v) is 13.3. The van der Waals surface area contributed by atoms with Crippen molar-refractivity contribution >= 4 is 54.6 Å². The molecule has 0 aliphatic heterocycles. The molecule has 0 radical (unpaired) electrons. The van der Waals surface area contributed by atoms with Crippen molar-refractivity contribution in [3.8, 4) is 45.5 Å². The van der Waals surface area contributed by atoms with E-state index in [1.165, 1.54) is 0 Å². The van der Waals surface area contributed by atoms with Gasteiger partial charge in [0.15, 0.2) is 11.6 Å². The first-order valence-corrected chi connectivity index (χ1v) is 17.9. The molecular weight excluding hydrogens is 663 g/mol. The highest BCUT2D eigenvalue weighted by atomic mass is 15.2. The summed E-state index contributed by atoms with van der Waals surface area (Å²) in [5, 5.41) is 4.17. The lowest BCUT2D eigenvalue weighted by Crippen LogP contribution is -2.07. The molecule has 0 saturated carbocycles. The van der Waals surface area contributed by atoms with Gasteiger partial charge in [0, 0.05) is 50.8 Å². The third kappa shape index (κ3) is 4.58. The maximum Gasteiger partial charge on any atom is 0.238 e. The van der Waals surface area contributed by atoms with Crippen LogP contribution in [0.5, 0.6) is 0 Å². The Kier molecular flexibility index (Phi) is 6.72. The molecule has 0 atom stereocenters. The van der Waals surface area contributed by atoms with Crippen molar-refractivity contribution < 1.29 is 0 Å². The SMILES string of the molecule is c1ccc(-c2ccc(-c3nc(-c4ccccc4)nc(-n4c5ccccc5c5c6nccnc6c6c7ccccc7n(-c7ccccc7)c6c54)n3)cc2)cc1. The molecule has 0 fully saturated rings. The van der Waals surface area contributed by atoms with Gasteiger partial charge in [0.2, 0.25) is 5.95 Å². The first-order valence-electron chi connectivity index (χ1n) is 17.9. The number of rotatable bonds is 5. The van der Waals surface area contributed by atoms with E-state index in [9.17, 15) is 0 Å². The van der Waals surface area contributed by atoms with Gasteiger partial charge in [-0.05, 0) is 35.4 Å². The molecule has 0 unspecified atom stereocenters. The Labute approximate surface area is 309 Å². The summed E-state index contributed by atoms with van der Waals surface area (Å²) in [4.78, 5) is 25.7. The van der Waals surface area contributed by atoms with Crippen molar-refractivity contribution in [1.29, 1.82) is 0 Å². The van der Waals surface area contributed by atoms with Crippen LogP contribution in [0.1, 0.15) is 0 Å². The summed E-state index contributed by atoms with van der Waals surface area (Å²) in [5.74, 6) is 1.70. The van der Waals surface area contributed by atoms with Gasteiger partial charge in [-0.25, -0.2) is 4.98 Å². The fourth-order valence-corrected chi connectivity index (χ4v) is 7.92. The number of hydrogen-bond donors (Lipinski definition) is 0. The summed E-state index contributed by atoms with van der Waals surface area (Å²) in [6.45, 7) is 0. The van der Waals surface area contributed by atoms with Crippen LogP contribution in [-0.4, -0.2) is 34.1 Å². The summed E-state index contributed by atoms with van der Waals surface area (Å²) in [5.41, 5.74) is 10.8. The molecule has 0 aliphatic rings. The van der Waals surface area contributed by atoms with Crippen LogP contribution in [0.4, 0.5) is 0 Å². The Hall–Kier alpha value is -7.51. The Morgan fingerprint density at radius 2 is 0.778 bits per heavy atom. The molecule has 7 aromatic carbocycles. The number of aromatic nitrogens is 7. The molecule has 0 saturated heterocycles. The highest BCUT2D eigenvalue weighted by molar-refractivity contribution is 6.34. The monoisotopic (exact) mass is 691 g/mol. The highest BCUT2D eigenvalue weighted by Gasteiger charge is 2.27. The van der Waals surface area contributed by atoms with E-state index in [2.05, 4.69) is 137 Å². The molecule has 4 heterocycles. The molecule has 7 heteroatoms. The van der Waals surface area contributed by atoms with E-state index < -0.39 is 0 Å². The topological polar surface area (TPSA) is 74.3 Å². The Morgan fingerprint density at radius 1 is 0.352 bits per heavy atom. The van der Waals surface area contributed by atoms with Gasteiger partial charge in [-0.3, -0.25) is 14.5 Å². The Bertz CT molecular complexity index is 3190. The van der Waals surface area contributed by atoms with Gasteiger partial charge in [-0.2, -0.15) is 9.97 Å². The summed E-state index contributed by atoms with van der Waals surface area (Å²) in [6, 6.07) is 56.5. The second kappa shape index (κ2) is 12.0. The standard InChI is InChI=1S/C47H29N7/c1-4-14-30(15-5-1)31-24-26-33(27-25-31)46-50-45(32-16-6-2-7-17-32)51-47(52-46)54-38-23-13-11-21-36(38)40-42-41(48-28-29-49-42)39-35-20-10-12-22-37(35)53(43(39)44(40)54)34-18-8-3-9-19-34/h1-29H. The van der Waals surface area contributed by atoms with E-state index in [4.69, 9.17) is 24.9 Å². The van der Waals surface area contributed by atoms with Crippen LogP contribution >= 0.6 is 0 Å². The van der Waals surface area contributed by atoms with E-state index >= 15 is 0 Å². The minimum Gasteiger partial charge on any atom is -0.307 e. The van der Waals surface area contributed by atoms with Gasteiger partial charge < -0.3 is 4.57 Å². The maximum atomic E-state index is 5.31. The maximum absolute atomic E-state index is 5.31. The predicted molar refractivity (Wildman–Crippen MR) is 218 cm³/mol. The highest BCUT2D eigenvalue weighted by Crippen LogP contribution is 2.45. The van der Waals surface area contributed by atoms with E-state index in [0.29, 0.717) is 17.6 Å². The minimum atomic E-state index is 0.520. The third-order valence-corrected chi connectivity index (χ3v) is 10.3. The zero-order valence-electron chi connectivity index (χ0n) is 28.9. The van der Waals surface area contributed by atoms with Crippen LogP contribution in [-0.2, 0) is 0 Å². The fraction of sp³-hybridized carbons (Fsp3) is 0. The number of para-hydroxylation sites is 3. The second-order valence-electron chi connectivity index (χ2n) is 13.3. The van der Waals surface area contributed by atoms with E-state index in [0.717, 1.165) is 82.6 Å². The van der Waals surface area contributed by atoms with Crippen LogP contribution in [0.25, 0.3) is 100 Å². The largest absolute Gasteiger partial charge is 0.307 e. The quantitative estimate of drug-likeness (QED) is 0.180.